The van der Waals surface area contributed by atoms with Crippen molar-refractivity contribution in [2.24, 2.45) is 0 Å². The van der Waals surface area contributed by atoms with Crippen molar-refractivity contribution in [3.8, 4) is 11.3 Å². The van der Waals surface area contributed by atoms with Crippen LogP contribution in [0.15, 0.2) is 48.0 Å². The maximum absolute atomic E-state index is 13.2. The maximum Gasteiger partial charge on any atom is 0.191 e. The molecule has 0 aliphatic rings. The molecule has 0 bridgehead atoms. The number of unbranched alkanes of at least 4 members (excludes halogenated alkanes) is 1. The molecule has 6 heteroatoms. The lowest BCUT2D eigenvalue weighted by Gasteiger charge is -2.17. The minimum atomic E-state index is -0.237. The molecule has 29 heavy (non-hydrogen) atoms. The van der Waals surface area contributed by atoms with E-state index in [2.05, 4.69) is 41.5 Å². The summed E-state index contributed by atoms with van der Waals surface area (Å²) in [7, 11) is 2.04. The number of hydrogen-bond donors (Lipinski definition) is 0. The summed E-state index contributed by atoms with van der Waals surface area (Å²) >= 11 is 1.58. The van der Waals surface area contributed by atoms with Crippen LogP contribution in [0, 0.1) is 5.82 Å². The molecule has 0 unspecified atom stereocenters. The second-order valence-corrected chi connectivity index (χ2v) is 8.02. The van der Waals surface area contributed by atoms with Crippen LogP contribution in [0.2, 0.25) is 0 Å². The standard InChI is InChI=1S/C23H25FN4S/c1-4-6-7-16-8-13-21-25-19(5-2)22(28(21)14-16)27(3)23-26-20(15-29-23)17-9-11-18(24)12-10-17/h8-15H,4-7H2,1-3H3. The lowest BCUT2D eigenvalue weighted by molar-refractivity contribution is 0.628. The van der Waals surface area contributed by atoms with E-state index in [1.807, 2.05) is 12.4 Å². The Hall–Kier alpha value is -2.73. The smallest absolute Gasteiger partial charge is 0.191 e. The third kappa shape index (κ3) is 3.90. The minimum Gasteiger partial charge on any atom is -0.305 e. The van der Waals surface area contributed by atoms with Crippen molar-refractivity contribution in [3.63, 3.8) is 0 Å². The van der Waals surface area contributed by atoms with Gasteiger partial charge in [-0.1, -0.05) is 26.3 Å². The first-order valence-corrected chi connectivity index (χ1v) is 10.9. The molecule has 0 aliphatic heterocycles. The summed E-state index contributed by atoms with van der Waals surface area (Å²) in [6, 6.07) is 10.7. The molecule has 4 rings (SSSR count). The van der Waals surface area contributed by atoms with Gasteiger partial charge in [-0.3, -0.25) is 4.40 Å². The number of benzene rings is 1. The number of imidazole rings is 1. The van der Waals surface area contributed by atoms with Gasteiger partial charge < -0.3 is 4.90 Å². The van der Waals surface area contributed by atoms with E-state index in [0.717, 1.165) is 46.4 Å². The second-order valence-electron chi connectivity index (χ2n) is 7.19. The third-order valence-corrected chi connectivity index (χ3v) is 6.03. The maximum atomic E-state index is 13.2. The number of aromatic nitrogens is 3. The Labute approximate surface area is 174 Å². The molecular formula is C23H25FN4S. The Morgan fingerprint density at radius 2 is 1.86 bits per heavy atom. The van der Waals surface area contributed by atoms with Gasteiger partial charge in [0.15, 0.2) is 5.13 Å². The number of nitrogens with zero attached hydrogens (tertiary/aromatic N) is 4. The van der Waals surface area contributed by atoms with E-state index >= 15 is 0 Å². The lowest BCUT2D eigenvalue weighted by atomic mass is 10.1. The zero-order valence-electron chi connectivity index (χ0n) is 17.0. The van der Waals surface area contributed by atoms with Gasteiger partial charge in [-0.05, 0) is 55.2 Å². The van der Waals surface area contributed by atoms with Crippen molar-refractivity contribution in [1.82, 2.24) is 14.4 Å². The molecule has 0 N–H and O–H groups in total. The largest absolute Gasteiger partial charge is 0.305 e. The number of fused-ring (bicyclic) bond motifs is 1. The lowest BCUT2D eigenvalue weighted by Crippen LogP contribution is -2.13. The van der Waals surface area contributed by atoms with Crippen LogP contribution in [0.3, 0.4) is 0 Å². The van der Waals surface area contributed by atoms with Crippen molar-refractivity contribution >= 4 is 27.9 Å². The average Bonchev–Trinajstić information content (AvgIpc) is 3.37. The number of aryl methyl sites for hydroxylation is 2. The Morgan fingerprint density at radius 1 is 1.07 bits per heavy atom. The van der Waals surface area contributed by atoms with Gasteiger partial charge in [-0.25, -0.2) is 14.4 Å². The van der Waals surface area contributed by atoms with E-state index < -0.39 is 0 Å². The summed E-state index contributed by atoms with van der Waals surface area (Å²) in [5, 5.41) is 2.90. The summed E-state index contributed by atoms with van der Waals surface area (Å²) in [4.78, 5) is 11.7. The highest BCUT2D eigenvalue weighted by molar-refractivity contribution is 7.14. The first-order valence-electron chi connectivity index (χ1n) is 10.1. The van der Waals surface area contributed by atoms with Crippen LogP contribution in [0.4, 0.5) is 15.3 Å². The quantitative estimate of drug-likeness (QED) is 0.361. The van der Waals surface area contributed by atoms with E-state index in [4.69, 9.17) is 9.97 Å². The molecule has 3 aromatic heterocycles. The van der Waals surface area contributed by atoms with Crippen molar-refractivity contribution in [2.45, 2.75) is 39.5 Å². The zero-order valence-corrected chi connectivity index (χ0v) is 17.8. The van der Waals surface area contributed by atoms with Crippen LogP contribution < -0.4 is 4.90 Å². The summed E-state index contributed by atoms with van der Waals surface area (Å²) in [5.74, 6) is 0.819. The monoisotopic (exact) mass is 408 g/mol. The fraction of sp³-hybridized carbons (Fsp3) is 0.304. The highest BCUT2D eigenvalue weighted by Crippen LogP contribution is 2.33. The van der Waals surface area contributed by atoms with E-state index in [1.165, 1.54) is 30.5 Å². The summed E-state index contributed by atoms with van der Waals surface area (Å²) in [6.45, 7) is 4.34. The number of rotatable bonds is 7. The van der Waals surface area contributed by atoms with Crippen LogP contribution in [0.1, 0.15) is 37.9 Å². The van der Waals surface area contributed by atoms with Crippen molar-refractivity contribution in [3.05, 3.63) is 65.0 Å². The summed E-state index contributed by atoms with van der Waals surface area (Å²) in [5.41, 5.74) is 5.10. The molecule has 1 aromatic carbocycles. The third-order valence-electron chi connectivity index (χ3n) is 5.11. The van der Waals surface area contributed by atoms with Gasteiger partial charge in [0, 0.05) is 24.2 Å². The van der Waals surface area contributed by atoms with E-state index in [0.29, 0.717) is 0 Å². The van der Waals surface area contributed by atoms with E-state index in [1.54, 1.807) is 23.5 Å². The van der Waals surface area contributed by atoms with Gasteiger partial charge in [-0.2, -0.15) is 0 Å². The van der Waals surface area contributed by atoms with Gasteiger partial charge in [0.25, 0.3) is 0 Å². The molecule has 0 atom stereocenters. The summed E-state index contributed by atoms with van der Waals surface area (Å²) in [6.07, 6.45) is 6.49. The predicted octanol–water partition coefficient (Wildman–Crippen LogP) is 6.27. The molecule has 4 aromatic rings. The van der Waals surface area contributed by atoms with Crippen LogP contribution in [-0.2, 0) is 12.8 Å². The molecule has 0 saturated heterocycles. The fourth-order valence-corrected chi connectivity index (χ4v) is 4.31. The van der Waals surface area contributed by atoms with Crippen molar-refractivity contribution < 1.29 is 4.39 Å². The zero-order chi connectivity index (χ0) is 20.4. The average molecular weight is 409 g/mol. The van der Waals surface area contributed by atoms with Gasteiger partial charge >= 0.3 is 0 Å². The Kier molecular flexibility index (Phi) is 5.62. The predicted molar refractivity (Wildman–Crippen MR) is 119 cm³/mol. The Bertz CT molecular complexity index is 1110. The molecule has 0 aliphatic carbocycles. The van der Waals surface area contributed by atoms with Gasteiger partial charge in [-0.15, -0.1) is 11.3 Å². The molecule has 150 valence electrons. The number of anilines is 2. The van der Waals surface area contributed by atoms with Crippen LogP contribution in [0.5, 0.6) is 0 Å². The van der Waals surface area contributed by atoms with Gasteiger partial charge in [0.05, 0.1) is 11.4 Å². The first kappa shape index (κ1) is 19.6. The van der Waals surface area contributed by atoms with Crippen molar-refractivity contribution in [2.75, 3.05) is 11.9 Å². The van der Waals surface area contributed by atoms with E-state index in [-0.39, 0.29) is 5.82 Å². The molecule has 0 saturated carbocycles. The molecule has 0 fully saturated rings. The number of pyridine rings is 1. The minimum absolute atomic E-state index is 0.237. The summed E-state index contributed by atoms with van der Waals surface area (Å²) < 4.78 is 15.4. The highest BCUT2D eigenvalue weighted by atomic mass is 32.1. The molecule has 0 amide bonds. The SMILES string of the molecule is CCCCc1ccc2nc(CC)c(N(C)c3nc(-c4ccc(F)cc4)cs3)n2c1. The van der Waals surface area contributed by atoms with Crippen LogP contribution in [-0.4, -0.2) is 21.4 Å². The fourth-order valence-electron chi connectivity index (χ4n) is 3.51. The highest BCUT2D eigenvalue weighted by Gasteiger charge is 2.19. The number of halogens is 1. The molecule has 4 nitrogen and oxygen atoms in total. The molecule has 3 heterocycles. The normalized spacial score (nSPS) is 11.3. The molecule has 0 spiro atoms. The Morgan fingerprint density at radius 3 is 2.59 bits per heavy atom. The number of thiazole rings is 1. The second kappa shape index (κ2) is 8.33. The molecule has 0 radical (unpaired) electrons. The first-order chi connectivity index (χ1) is 14.1. The molecular weight excluding hydrogens is 383 g/mol. The van der Waals surface area contributed by atoms with E-state index in [9.17, 15) is 4.39 Å². The van der Waals surface area contributed by atoms with Crippen LogP contribution in [0.25, 0.3) is 16.9 Å². The topological polar surface area (TPSA) is 33.4 Å². The number of hydrogen-bond acceptors (Lipinski definition) is 4. The van der Waals surface area contributed by atoms with Crippen LogP contribution >= 0.6 is 11.3 Å². The van der Waals surface area contributed by atoms with Gasteiger partial charge in [0.1, 0.15) is 17.3 Å². The Balaban J connectivity index is 1.72. The van der Waals surface area contributed by atoms with Gasteiger partial charge in [0.2, 0.25) is 0 Å². The van der Waals surface area contributed by atoms with Crippen molar-refractivity contribution in [1.29, 1.82) is 0 Å².